The molecule has 1 N–H and O–H groups in total. The zero-order valence-corrected chi connectivity index (χ0v) is 28.3. The molecule has 0 unspecified atom stereocenters. The third-order valence-corrected chi connectivity index (χ3v) is 11.9. The van der Waals surface area contributed by atoms with Crippen LogP contribution in [-0.4, -0.2) is 45.1 Å². The summed E-state index contributed by atoms with van der Waals surface area (Å²) in [4.78, 5) is 52.3. The van der Waals surface area contributed by atoms with Crippen molar-refractivity contribution in [2.75, 3.05) is 16.4 Å². The highest BCUT2D eigenvalue weighted by Crippen LogP contribution is 2.66. The van der Waals surface area contributed by atoms with Crippen molar-refractivity contribution in [3.63, 3.8) is 0 Å². The molecule has 0 bridgehead atoms. The maximum atomic E-state index is 15.3. The molecule has 2 saturated heterocycles. The minimum atomic E-state index is -2.69. The number of carbonyl (C=O) groups is 4. The Labute approximate surface area is 297 Å². The van der Waals surface area contributed by atoms with Gasteiger partial charge in [0.2, 0.25) is 17.6 Å². The fourth-order valence-corrected chi connectivity index (χ4v) is 8.99. The number of phenols is 1. The van der Waals surface area contributed by atoms with Crippen LogP contribution >= 0.6 is 23.2 Å². The molecule has 3 aromatic carbocycles. The van der Waals surface area contributed by atoms with Crippen LogP contribution in [0.3, 0.4) is 0 Å². The molecule has 2 aliphatic heterocycles. The van der Waals surface area contributed by atoms with E-state index >= 15 is 8.78 Å². The molecule has 1 saturated carbocycles. The van der Waals surface area contributed by atoms with Gasteiger partial charge in [0.05, 0.1) is 24.1 Å². The maximum Gasteiger partial charge on any atom is 0.258 e. The number of rotatable bonds is 6. The maximum absolute atomic E-state index is 15.3. The first-order valence-corrected chi connectivity index (χ1v) is 16.8. The van der Waals surface area contributed by atoms with E-state index in [1.54, 1.807) is 37.3 Å². The fourth-order valence-electron chi connectivity index (χ4n) is 8.06. The molecule has 266 valence electrons. The molecule has 0 spiro atoms. The van der Waals surface area contributed by atoms with E-state index in [9.17, 15) is 37.5 Å². The average molecular weight is 750 g/mol. The second-order valence-electron chi connectivity index (χ2n) is 12.9. The lowest BCUT2D eigenvalue weighted by molar-refractivity contribution is -0.125. The number of halogens is 7. The van der Waals surface area contributed by atoms with E-state index in [1.165, 1.54) is 18.2 Å². The Hall–Kier alpha value is -4.49. The Morgan fingerprint density at radius 2 is 1.45 bits per heavy atom. The van der Waals surface area contributed by atoms with E-state index in [-0.39, 0.29) is 40.6 Å². The predicted octanol–water partition coefficient (Wildman–Crippen LogP) is 6.82. The number of aromatic hydroxyl groups is 1. The summed E-state index contributed by atoms with van der Waals surface area (Å²) < 4.78 is 79.0. The third kappa shape index (κ3) is 4.62. The molecule has 3 fully saturated rings. The van der Waals surface area contributed by atoms with E-state index < -0.39 is 98.2 Å². The molecule has 2 heterocycles. The fraction of sp³-hybridized carbons (Fsp3) is 0.333. The average Bonchev–Trinajstić information content (AvgIpc) is 3.45. The highest BCUT2D eigenvalue weighted by atomic mass is 35.5. The van der Waals surface area contributed by atoms with Crippen molar-refractivity contribution in [2.45, 2.75) is 48.8 Å². The summed E-state index contributed by atoms with van der Waals surface area (Å²) in [6.45, 7) is 3.65. The van der Waals surface area contributed by atoms with Crippen molar-refractivity contribution in [1.82, 2.24) is 0 Å². The number of anilines is 2. The normalized spacial score (nSPS) is 28.5. The van der Waals surface area contributed by atoms with E-state index in [4.69, 9.17) is 27.9 Å². The molecule has 6 atom stereocenters. The van der Waals surface area contributed by atoms with Crippen molar-refractivity contribution < 1.29 is 51.0 Å². The number of alkyl halides is 2. The second-order valence-corrected chi connectivity index (χ2v) is 14.1. The standard InChI is InChI=1S/C36H27Cl2F5N2O6/c1-3-15-5-8-17(9-6-15)44-31(47)19-11-10-18-20(23(19)32(44)48)14-35(37)33(49)45(30-28(42)26(40)25(39)27(41)29(30)43)34(50)36(35,38)24(18)16-7-12-21(46)22(13-16)51-4-2/h5-10,12-13,19-20,23-24,46H,3-4,11,14H2,1-2H3/t19-,20+,23-,24-,35+,36-/m0/s1. The van der Waals surface area contributed by atoms with Crippen LogP contribution in [0.2, 0.25) is 0 Å². The van der Waals surface area contributed by atoms with Crippen LogP contribution in [0, 0.1) is 46.8 Å². The summed E-state index contributed by atoms with van der Waals surface area (Å²) in [6, 6.07) is 10.6. The summed E-state index contributed by atoms with van der Waals surface area (Å²) >= 11 is 14.3. The van der Waals surface area contributed by atoms with Gasteiger partial charge in [0.25, 0.3) is 11.8 Å². The van der Waals surface area contributed by atoms with E-state index in [0.29, 0.717) is 12.1 Å². The van der Waals surface area contributed by atoms with Crippen molar-refractivity contribution >= 4 is 58.2 Å². The SMILES string of the molecule is CCOc1cc([C@H]2C3=CC[C@@H]4C(=O)N(c5ccc(CC)cc5)C(=O)[C@@H]4[C@@H]3C[C@@]3(Cl)C(=O)N(c4c(F)c(F)c(F)c(F)c4F)C(=O)[C@@]23Cl)ccc1O. The lowest BCUT2D eigenvalue weighted by atomic mass is 9.56. The first-order valence-electron chi connectivity index (χ1n) is 16.0. The number of hydrogen-bond donors (Lipinski definition) is 1. The molecule has 0 aromatic heterocycles. The van der Waals surface area contributed by atoms with Crippen molar-refractivity contribution in [1.29, 1.82) is 0 Å². The monoisotopic (exact) mass is 748 g/mol. The highest BCUT2D eigenvalue weighted by molar-refractivity contribution is 6.58. The molecule has 8 nitrogen and oxygen atoms in total. The van der Waals surface area contributed by atoms with E-state index in [2.05, 4.69) is 0 Å². The summed E-state index contributed by atoms with van der Waals surface area (Å²) in [7, 11) is 0. The Bertz CT molecular complexity index is 2070. The smallest absolute Gasteiger partial charge is 0.258 e. The van der Waals surface area contributed by atoms with Crippen molar-refractivity contribution in [2.24, 2.45) is 17.8 Å². The topological polar surface area (TPSA) is 104 Å². The number of imide groups is 2. The van der Waals surface area contributed by atoms with Gasteiger partial charge < -0.3 is 9.84 Å². The van der Waals surface area contributed by atoms with Gasteiger partial charge in [-0.05, 0) is 67.5 Å². The molecule has 0 radical (unpaired) electrons. The van der Waals surface area contributed by atoms with Gasteiger partial charge in [0, 0.05) is 5.92 Å². The van der Waals surface area contributed by atoms with Crippen LogP contribution in [0.1, 0.15) is 43.7 Å². The van der Waals surface area contributed by atoms with Gasteiger partial charge in [-0.25, -0.2) is 26.9 Å². The molecule has 4 aliphatic rings. The lowest BCUT2D eigenvalue weighted by Crippen LogP contribution is -2.60. The Kier molecular flexibility index (Phi) is 8.25. The lowest BCUT2D eigenvalue weighted by Gasteiger charge is -2.50. The first-order chi connectivity index (χ1) is 24.1. The number of nitrogens with zero attached hydrogens (tertiary/aromatic N) is 2. The Balaban J connectivity index is 1.42. The van der Waals surface area contributed by atoms with Gasteiger partial charge in [-0.2, -0.15) is 0 Å². The summed E-state index contributed by atoms with van der Waals surface area (Å²) in [5, 5.41) is 10.5. The van der Waals surface area contributed by atoms with Crippen molar-refractivity contribution in [3.8, 4) is 11.5 Å². The van der Waals surface area contributed by atoms with Gasteiger partial charge >= 0.3 is 0 Å². The van der Waals surface area contributed by atoms with Gasteiger partial charge in [-0.1, -0.05) is 36.8 Å². The molecule has 4 amide bonds. The second kappa shape index (κ2) is 12.0. The van der Waals surface area contributed by atoms with Crippen LogP contribution in [0.15, 0.2) is 54.1 Å². The van der Waals surface area contributed by atoms with E-state index in [0.717, 1.165) is 10.5 Å². The molecule has 3 aromatic rings. The number of benzene rings is 3. The Morgan fingerprint density at radius 1 is 0.824 bits per heavy atom. The number of hydrogen-bond acceptors (Lipinski definition) is 6. The molecule has 2 aliphatic carbocycles. The zero-order chi connectivity index (χ0) is 36.9. The predicted molar refractivity (Wildman–Crippen MR) is 174 cm³/mol. The zero-order valence-electron chi connectivity index (χ0n) is 26.8. The summed E-state index contributed by atoms with van der Waals surface area (Å²) in [5.74, 6) is -21.6. The van der Waals surface area contributed by atoms with Crippen molar-refractivity contribution in [3.05, 3.63) is 94.3 Å². The molecular weight excluding hydrogens is 722 g/mol. The number of phenolic OH excluding ortho intramolecular Hbond substituents is 1. The summed E-state index contributed by atoms with van der Waals surface area (Å²) in [6.07, 6.45) is 1.66. The molecular formula is C36H27Cl2F5N2O6. The third-order valence-electron chi connectivity index (χ3n) is 10.4. The molecule has 15 heteroatoms. The van der Waals surface area contributed by atoms with Gasteiger partial charge in [0.15, 0.2) is 44.5 Å². The number of fused-ring (bicyclic) bond motifs is 4. The number of carbonyl (C=O) groups excluding carboxylic acids is 4. The molecule has 7 rings (SSSR count). The molecule has 51 heavy (non-hydrogen) atoms. The van der Waals surface area contributed by atoms with Gasteiger partial charge in [-0.3, -0.25) is 24.1 Å². The summed E-state index contributed by atoms with van der Waals surface area (Å²) in [5.41, 5.74) is -0.212. The number of ether oxygens (including phenoxy) is 1. The van der Waals surface area contributed by atoms with Gasteiger partial charge in [0.1, 0.15) is 5.69 Å². The van der Waals surface area contributed by atoms with E-state index in [1.807, 2.05) is 6.92 Å². The van der Waals surface area contributed by atoms with Crippen LogP contribution in [0.4, 0.5) is 33.3 Å². The largest absolute Gasteiger partial charge is 0.504 e. The quantitative estimate of drug-likeness (QED) is 0.0742. The van der Waals surface area contributed by atoms with Crippen LogP contribution in [0.25, 0.3) is 0 Å². The first kappa shape index (κ1) is 34.9. The van der Waals surface area contributed by atoms with Crippen LogP contribution < -0.4 is 14.5 Å². The number of aryl methyl sites for hydroxylation is 1. The Morgan fingerprint density at radius 3 is 2.06 bits per heavy atom. The van der Waals surface area contributed by atoms with Crippen LogP contribution in [0.5, 0.6) is 11.5 Å². The van der Waals surface area contributed by atoms with Gasteiger partial charge in [-0.15, -0.1) is 23.2 Å². The number of allylic oxidation sites excluding steroid dienone is 2. The number of amides is 4. The minimum absolute atomic E-state index is 0.0107. The minimum Gasteiger partial charge on any atom is -0.504 e. The highest BCUT2D eigenvalue weighted by Gasteiger charge is 2.77. The van der Waals surface area contributed by atoms with Crippen LogP contribution in [-0.2, 0) is 25.6 Å².